The van der Waals surface area contributed by atoms with Crippen molar-refractivity contribution in [2.45, 2.75) is 75.9 Å². The monoisotopic (exact) mass is 693 g/mol. The second kappa shape index (κ2) is 15.5. The van der Waals surface area contributed by atoms with E-state index >= 15 is 0 Å². The lowest BCUT2D eigenvalue weighted by molar-refractivity contribution is -0.140. The molecule has 0 heterocycles. The standard InChI is InChI=1S/C33H38Cl3N3O5S/c1-4-29(33(41)37-26-8-6-5-7-9-26)38(20-23-12-13-24(34)18-28(23)36)32(40)21-39(30-19-25(35)14-17-31(30)44-3)45(42,43)27-15-10-22(2)11-16-27/h10-19,26,29H,4-9,20-21H2,1-3H3,(H,37,41)/t29-/m0/s1. The van der Waals surface area contributed by atoms with Crippen molar-refractivity contribution in [1.82, 2.24) is 10.2 Å². The molecule has 45 heavy (non-hydrogen) atoms. The zero-order valence-electron chi connectivity index (χ0n) is 25.6. The van der Waals surface area contributed by atoms with E-state index < -0.39 is 28.5 Å². The Hall–Kier alpha value is -2.98. The van der Waals surface area contributed by atoms with Gasteiger partial charge >= 0.3 is 0 Å². The predicted molar refractivity (Wildman–Crippen MR) is 180 cm³/mol. The molecular weight excluding hydrogens is 657 g/mol. The molecule has 1 fully saturated rings. The van der Waals surface area contributed by atoms with E-state index in [0.717, 1.165) is 42.0 Å². The maximum Gasteiger partial charge on any atom is 0.264 e. The van der Waals surface area contributed by atoms with Crippen LogP contribution in [0.4, 0.5) is 5.69 Å². The van der Waals surface area contributed by atoms with Crippen LogP contribution in [0.25, 0.3) is 0 Å². The van der Waals surface area contributed by atoms with Gasteiger partial charge in [-0.2, -0.15) is 0 Å². The third-order valence-corrected chi connectivity index (χ3v) is 10.6. The van der Waals surface area contributed by atoms with Gasteiger partial charge < -0.3 is 15.0 Å². The average Bonchev–Trinajstić information content (AvgIpc) is 3.01. The lowest BCUT2D eigenvalue weighted by atomic mass is 9.95. The third kappa shape index (κ3) is 8.64. The van der Waals surface area contributed by atoms with E-state index in [9.17, 15) is 18.0 Å². The van der Waals surface area contributed by atoms with Gasteiger partial charge in [-0.05, 0) is 74.2 Å². The molecule has 1 atom stereocenters. The van der Waals surface area contributed by atoms with Crippen LogP contribution in [0.15, 0.2) is 65.6 Å². The van der Waals surface area contributed by atoms with Crippen LogP contribution in [0, 0.1) is 6.92 Å². The summed E-state index contributed by atoms with van der Waals surface area (Å²) in [6, 6.07) is 14.9. The largest absolute Gasteiger partial charge is 0.495 e. The van der Waals surface area contributed by atoms with E-state index in [1.165, 1.54) is 36.3 Å². The number of methoxy groups -OCH3 is 1. The minimum Gasteiger partial charge on any atom is -0.495 e. The Balaban J connectivity index is 1.78. The van der Waals surface area contributed by atoms with Crippen LogP contribution in [0.5, 0.6) is 5.75 Å². The van der Waals surface area contributed by atoms with Crippen molar-refractivity contribution < 1.29 is 22.7 Å². The number of aryl methyl sites for hydroxylation is 1. The van der Waals surface area contributed by atoms with Crippen molar-refractivity contribution in [2.24, 2.45) is 0 Å². The summed E-state index contributed by atoms with van der Waals surface area (Å²) >= 11 is 19.0. The smallest absolute Gasteiger partial charge is 0.264 e. The van der Waals surface area contributed by atoms with Crippen LogP contribution in [-0.4, -0.2) is 50.9 Å². The van der Waals surface area contributed by atoms with Gasteiger partial charge in [0, 0.05) is 27.7 Å². The van der Waals surface area contributed by atoms with Crippen LogP contribution in [0.1, 0.15) is 56.6 Å². The number of hydrogen-bond donors (Lipinski definition) is 1. The molecule has 4 rings (SSSR count). The van der Waals surface area contributed by atoms with Crippen LogP contribution in [0.2, 0.25) is 15.1 Å². The molecule has 0 unspecified atom stereocenters. The molecule has 0 aliphatic heterocycles. The number of carbonyl (C=O) groups is 2. The Morgan fingerprint density at radius 2 is 1.60 bits per heavy atom. The normalized spacial score (nSPS) is 14.4. The lowest BCUT2D eigenvalue weighted by Gasteiger charge is -2.35. The molecule has 1 N–H and O–H groups in total. The number of sulfonamides is 1. The zero-order chi connectivity index (χ0) is 32.7. The van der Waals surface area contributed by atoms with Crippen LogP contribution >= 0.6 is 34.8 Å². The molecule has 0 bridgehead atoms. The summed E-state index contributed by atoms with van der Waals surface area (Å²) in [6.07, 6.45) is 5.21. The van der Waals surface area contributed by atoms with Crippen LogP contribution in [0.3, 0.4) is 0 Å². The highest BCUT2D eigenvalue weighted by atomic mass is 35.5. The summed E-state index contributed by atoms with van der Waals surface area (Å²) in [5, 5.41) is 4.13. The van der Waals surface area contributed by atoms with Crippen molar-refractivity contribution >= 4 is 62.3 Å². The minimum absolute atomic E-state index is 0.0164. The summed E-state index contributed by atoms with van der Waals surface area (Å²) in [4.78, 5) is 29.5. The highest BCUT2D eigenvalue weighted by molar-refractivity contribution is 7.92. The highest BCUT2D eigenvalue weighted by Crippen LogP contribution is 2.35. The number of benzene rings is 3. The van der Waals surface area contributed by atoms with Gasteiger partial charge in [-0.1, -0.05) is 84.8 Å². The fourth-order valence-corrected chi connectivity index (χ4v) is 7.56. The molecule has 242 valence electrons. The molecular formula is C33H38Cl3N3O5S. The first-order chi connectivity index (χ1) is 21.4. The predicted octanol–water partition coefficient (Wildman–Crippen LogP) is 7.42. The number of ether oxygens (including phenoxy) is 1. The Bertz CT molecular complexity index is 1610. The van der Waals surface area contributed by atoms with Gasteiger partial charge in [-0.25, -0.2) is 8.42 Å². The van der Waals surface area contributed by atoms with E-state index in [0.29, 0.717) is 22.0 Å². The van der Waals surface area contributed by atoms with Gasteiger partial charge in [0.1, 0.15) is 18.3 Å². The number of carbonyl (C=O) groups excluding carboxylic acids is 2. The highest BCUT2D eigenvalue weighted by Gasteiger charge is 2.35. The first kappa shape index (κ1) is 34.9. The first-order valence-electron chi connectivity index (χ1n) is 14.9. The molecule has 0 aromatic heterocycles. The second-order valence-corrected chi connectivity index (χ2v) is 14.3. The molecule has 0 radical (unpaired) electrons. The Morgan fingerprint density at radius 1 is 0.956 bits per heavy atom. The van der Waals surface area contributed by atoms with Crippen molar-refractivity contribution in [2.75, 3.05) is 18.0 Å². The molecule has 1 saturated carbocycles. The zero-order valence-corrected chi connectivity index (χ0v) is 28.6. The van der Waals surface area contributed by atoms with E-state index in [4.69, 9.17) is 39.5 Å². The number of nitrogens with zero attached hydrogens (tertiary/aromatic N) is 2. The van der Waals surface area contributed by atoms with Gasteiger partial charge in [0.05, 0.1) is 17.7 Å². The van der Waals surface area contributed by atoms with Gasteiger partial charge in [-0.15, -0.1) is 0 Å². The van der Waals surface area contributed by atoms with Crippen LogP contribution < -0.4 is 14.4 Å². The van der Waals surface area contributed by atoms with Crippen molar-refractivity contribution in [3.63, 3.8) is 0 Å². The van der Waals surface area contributed by atoms with Gasteiger partial charge in [-0.3, -0.25) is 13.9 Å². The fourth-order valence-electron chi connectivity index (χ4n) is 5.51. The number of hydrogen-bond acceptors (Lipinski definition) is 5. The summed E-state index contributed by atoms with van der Waals surface area (Å²) in [5.74, 6) is -0.697. The average molecular weight is 695 g/mol. The maximum absolute atomic E-state index is 14.4. The van der Waals surface area contributed by atoms with Gasteiger partial charge in [0.2, 0.25) is 11.8 Å². The maximum atomic E-state index is 14.4. The van der Waals surface area contributed by atoms with Gasteiger partial charge in [0.15, 0.2) is 0 Å². The molecule has 1 aliphatic rings. The molecule has 3 aromatic rings. The molecule has 0 spiro atoms. The van der Waals surface area contributed by atoms with E-state index in [-0.39, 0.29) is 39.8 Å². The van der Waals surface area contributed by atoms with E-state index in [1.807, 2.05) is 13.8 Å². The third-order valence-electron chi connectivity index (χ3n) is 7.99. The van der Waals surface area contributed by atoms with Gasteiger partial charge in [0.25, 0.3) is 10.0 Å². The summed E-state index contributed by atoms with van der Waals surface area (Å²) in [5.41, 5.74) is 1.52. The fraction of sp³-hybridized carbons (Fsp3) is 0.394. The Morgan fingerprint density at radius 3 is 2.22 bits per heavy atom. The number of nitrogens with one attached hydrogen (secondary N) is 1. The number of halogens is 3. The minimum atomic E-state index is -4.31. The summed E-state index contributed by atoms with van der Waals surface area (Å²) in [7, 11) is -2.90. The lowest BCUT2D eigenvalue weighted by Crippen LogP contribution is -2.54. The number of anilines is 1. The second-order valence-electron chi connectivity index (χ2n) is 11.2. The summed E-state index contributed by atoms with van der Waals surface area (Å²) in [6.45, 7) is 2.98. The van der Waals surface area contributed by atoms with Crippen molar-refractivity contribution in [1.29, 1.82) is 0 Å². The number of amides is 2. The number of rotatable bonds is 12. The summed E-state index contributed by atoms with van der Waals surface area (Å²) < 4.78 is 34.9. The van der Waals surface area contributed by atoms with Crippen molar-refractivity contribution in [3.8, 4) is 5.75 Å². The molecule has 3 aromatic carbocycles. The topological polar surface area (TPSA) is 96.0 Å². The molecule has 8 nitrogen and oxygen atoms in total. The quantitative estimate of drug-likeness (QED) is 0.213. The Labute approximate surface area is 280 Å². The van der Waals surface area contributed by atoms with E-state index in [2.05, 4.69) is 5.32 Å². The first-order valence-corrected chi connectivity index (χ1v) is 17.5. The van der Waals surface area contributed by atoms with Crippen molar-refractivity contribution in [3.05, 3.63) is 86.9 Å². The molecule has 1 aliphatic carbocycles. The molecule has 12 heteroatoms. The SMILES string of the molecule is CC[C@@H](C(=O)NC1CCCCC1)N(Cc1ccc(Cl)cc1Cl)C(=O)CN(c1cc(Cl)ccc1OC)S(=O)(=O)c1ccc(C)cc1. The van der Waals surface area contributed by atoms with Crippen LogP contribution in [-0.2, 0) is 26.2 Å². The van der Waals surface area contributed by atoms with E-state index in [1.54, 1.807) is 36.4 Å². The molecule has 2 amide bonds. The molecule has 0 saturated heterocycles. The Kier molecular flexibility index (Phi) is 12.0.